The highest BCUT2D eigenvalue weighted by Gasteiger charge is 2.02. The molecule has 112 valence electrons. The summed E-state index contributed by atoms with van der Waals surface area (Å²) in [7, 11) is 0. The third-order valence-corrected chi connectivity index (χ3v) is 4.29. The molecule has 0 amide bonds. The highest BCUT2D eigenvalue weighted by atomic mass is 14.1. The van der Waals surface area contributed by atoms with Crippen LogP contribution in [0.4, 0.5) is 0 Å². The van der Waals surface area contributed by atoms with Crippen molar-refractivity contribution < 1.29 is 0 Å². The van der Waals surface area contributed by atoms with E-state index < -0.39 is 0 Å². The molecule has 0 atom stereocenters. The summed E-state index contributed by atoms with van der Waals surface area (Å²) in [4.78, 5) is 0. The summed E-state index contributed by atoms with van der Waals surface area (Å²) in [5.41, 5.74) is 7.76. The molecule has 0 fully saturated rings. The number of hydrogen-bond donors (Lipinski definition) is 0. The molecule has 0 N–H and O–H groups in total. The Labute approximate surface area is 126 Å². The first kappa shape index (κ1) is 17.0. The number of allylic oxidation sites excluding steroid dienone is 8. The lowest BCUT2D eigenvalue weighted by Crippen LogP contribution is -1.90. The Morgan fingerprint density at radius 3 is 1.75 bits per heavy atom. The van der Waals surface area contributed by atoms with Crippen LogP contribution in [0.15, 0.2) is 46.1 Å². The van der Waals surface area contributed by atoms with E-state index in [0.29, 0.717) is 0 Å². The highest BCUT2D eigenvalue weighted by molar-refractivity contribution is 5.18. The Morgan fingerprint density at radius 1 is 0.700 bits per heavy atom. The summed E-state index contributed by atoms with van der Waals surface area (Å²) >= 11 is 0. The third kappa shape index (κ3) is 6.93. The Balaban J connectivity index is 2.83. The summed E-state index contributed by atoms with van der Waals surface area (Å²) in [5, 5.41) is 0. The minimum atomic E-state index is 1.14. The molecule has 0 saturated heterocycles. The van der Waals surface area contributed by atoms with Crippen LogP contribution in [0.3, 0.4) is 0 Å². The quantitative estimate of drug-likeness (QED) is 0.420. The predicted molar refractivity (Wildman–Crippen MR) is 92.0 cm³/mol. The molecule has 0 radical (unpaired) electrons. The molecular formula is C20H32. The first-order chi connectivity index (χ1) is 9.49. The van der Waals surface area contributed by atoms with Crippen molar-refractivity contribution in [1.29, 1.82) is 0 Å². The molecular weight excluding hydrogens is 240 g/mol. The molecule has 1 aliphatic rings. The molecule has 0 heterocycles. The van der Waals surface area contributed by atoms with Crippen molar-refractivity contribution in [2.45, 2.75) is 79.6 Å². The van der Waals surface area contributed by atoms with Gasteiger partial charge in [-0.1, -0.05) is 46.1 Å². The summed E-state index contributed by atoms with van der Waals surface area (Å²) in [6, 6.07) is 0. The van der Waals surface area contributed by atoms with Gasteiger partial charge in [0.2, 0.25) is 0 Å². The van der Waals surface area contributed by atoms with Crippen LogP contribution in [0.25, 0.3) is 0 Å². The van der Waals surface area contributed by atoms with E-state index in [9.17, 15) is 0 Å². The van der Waals surface area contributed by atoms with E-state index in [1.165, 1.54) is 49.7 Å². The van der Waals surface area contributed by atoms with Gasteiger partial charge in [0.25, 0.3) is 0 Å². The standard InChI is InChI=1S/C20H32/c1-16(2)20-14-12-18(4)10-6-8-17(3)9-7-11-19(5)13-15-20/h8,11-12H,6-7,9-10,13-15H2,1-5H3/b17-8+,18-12+,19-11+. The maximum atomic E-state index is 2.44. The molecule has 0 aromatic carbocycles. The van der Waals surface area contributed by atoms with Gasteiger partial charge < -0.3 is 0 Å². The van der Waals surface area contributed by atoms with Crippen LogP contribution in [-0.4, -0.2) is 0 Å². The van der Waals surface area contributed by atoms with E-state index in [0.717, 1.165) is 6.42 Å². The van der Waals surface area contributed by atoms with Crippen LogP contribution in [0.2, 0.25) is 0 Å². The second-order valence-electron chi connectivity index (χ2n) is 6.54. The van der Waals surface area contributed by atoms with Gasteiger partial charge in [-0.05, 0) is 79.6 Å². The summed E-state index contributed by atoms with van der Waals surface area (Å²) in [6.45, 7) is 11.4. The average Bonchev–Trinajstić information content (AvgIpc) is 2.37. The second-order valence-corrected chi connectivity index (χ2v) is 6.54. The van der Waals surface area contributed by atoms with Crippen LogP contribution in [0, 0.1) is 0 Å². The van der Waals surface area contributed by atoms with E-state index in [2.05, 4.69) is 52.8 Å². The monoisotopic (exact) mass is 272 g/mol. The van der Waals surface area contributed by atoms with Gasteiger partial charge in [-0.15, -0.1) is 0 Å². The minimum absolute atomic E-state index is 1.14. The van der Waals surface area contributed by atoms with Crippen molar-refractivity contribution in [3.05, 3.63) is 46.1 Å². The minimum Gasteiger partial charge on any atom is -0.0853 e. The normalized spacial score (nSPS) is 27.4. The molecule has 1 rings (SSSR count). The Bertz CT molecular complexity index is 423. The van der Waals surface area contributed by atoms with E-state index in [4.69, 9.17) is 0 Å². The van der Waals surface area contributed by atoms with Gasteiger partial charge in [0.05, 0.1) is 0 Å². The fourth-order valence-corrected chi connectivity index (χ4v) is 2.60. The van der Waals surface area contributed by atoms with Crippen molar-refractivity contribution in [3.8, 4) is 0 Å². The molecule has 0 unspecified atom stereocenters. The molecule has 0 aromatic heterocycles. The van der Waals surface area contributed by atoms with Crippen LogP contribution >= 0.6 is 0 Å². The lowest BCUT2D eigenvalue weighted by molar-refractivity contribution is 0.849. The van der Waals surface area contributed by atoms with Crippen molar-refractivity contribution in [1.82, 2.24) is 0 Å². The van der Waals surface area contributed by atoms with Crippen LogP contribution in [0.5, 0.6) is 0 Å². The average molecular weight is 272 g/mol. The second kappa shape index (κ2) is 9.00. The number of hydrogen-bond acceptors (Lipinski definition) is 0. The first-order valence-electron chi connectivity index (χ1n) is 8.11. The van der Waals surface area contributed by atoms with Gasteiger partial charge in [0.1, 0.15) is 0 Å². The van der Waals surface area contributed by atoms with Gasteiger partial charge in [-0.25, -0.2) is 0 Å². The van der Waals surface area contributed by atoms with Gasteiger partial charge in [-0.3, -0.25) is 0 Å². The zero-order chi connectivity index (χ0) is 15.0. The zero-order valence-corrected chi connectivity index (χ0v) is 14.2. The molecule has 20 heavy (non-hydrogen) atoms. The third-order valence-electron chi connectivity index (χ3n) is 4.29. The highest BCUT2D eigenvalue weighted by Crippen LogP contribution is 2.22. The molecule has 0 spiro atoms. The molecule has 0 aromatic rings. The van der Waals surface area contributed by atoms with Crippen LogP contribution in [0.1, 0.15) is 79.6 Å². The van der Waals surface area contributed by atoms with Crippen molar-refractivity contribution in [3.63, 3.8) is 0 Å². The lowest BCUT2D eigenvalue weighted by atomic mass is 9.96. The van der Waals surface area contributed by atoms with Gasteiger partial charge >= 0.3 is 0 Å². The fraction of sp³-hybridized carbons (Fsp3) is 0.600. The molecule has 0 nitrogen and oxygen atoms in total. The summed E-state index contributed by atoms with van der Waals surface area (Å²) in [6.07, 6.45) is 15.7. The van der Waals surface area contributed by atoms with Crippen LogP contribution < -0.4 is 0 Å². The smallest absolute Gasteiger partial charge is 0.0134 e. The van der Waals surface area contributed by atoms with Crippen molar-refractivity contribution >= 4 is 0 Å². The van der Waals surface area contributed by atoms with E-state index in [-0.39, 0.29) is 0 Å². The summed E-state index contributed by atoms with van der Waals surface area (Å²) < 4.78 is 0. The van der Waals surface area contributed by atoms with E-state index >= 15 is 0 Å². The van der Waals surface area contributed by atoms with E-state index in [1.54, 1.807) is 16.7 Å². The topological polar surface area (TPSA) is 0 Å². The first-order valence-corrected chi connectivity index (χ1v) is 8.11. The van der Waals surface area contributed by atoms with Gasteiger partial charge in [0.15, 0.2) is 0 Å². The SMILES string of the molecule is CC(C)=C1C/C=C(\C)CC/C=C(\C)CC/C=C(\C)CC1. The van der Waals surface area contributed by atoms with Gasteiger partial charge in [-0.2, -0.15) is 0 Å². The zero-order valence-electron chi connectivity index (χ0n) is 14.2. The Morgan fingerprint density at radius 2 is 1.20 bits per heavy atom. The molecule has 1 aliphatic carbocycles. The predicted octanol–water partition coefficient (Wildman–Crippen LogP) is 6.91. The maximum absolute atomic E-state index is 2.44. The molecule has 0 saturated carbocycles. The largest absolute Gasteiger partial charge is 0.0853 e. The molecule has 0 heteroatoms. The Hall–Kier alpha value is -1.04. The van der Waals surface area contributed by atoms with Crippen LogP contribution in [-0.2, 0) is 0 Å². The van der Waals surface area contributed by atoms with Gasteiger partial charge in [0, 0.05) is 0 Å². The van der Waals surface area contributed by atoms with Crippen molar-refractivity contribution in [2.24, 2.45) is 0 Å². The molecule has 0 bridgehead atoms. The van der Waals surface area contributed by atoms with E-state index in [1.807, 2.05) is 0 Å². The maximum Gasteiger partial charge on any atom is -0.0134 e. The summed E-state index contributed by atoms with van der Waals surface area (Å²) in [5.74, 6) is 0. The molecule has 0 aliphatic heterocycles. The number of rotatable bonds is 0. The lowest BCUT2D eigenvalue weighted by Gasteiger charge is -2.10. The van der Waals surface area contributed by atoms with Crippen molar-refractivity contribution in [2.75, 3.05) is 0 Å². The fourth-order valence-electron chi connectivity index (χ4n) is 2.60. The Kier molecular flexibility index (Phi) is 7.65.